The predicted octanol–water partition coefficient (Wildman–Crippen LogP) is 2.68. The second-order valence-electron chi connectivity index (χ2n) is 11.0. The van der Waals surface area contributed by atoms with Crippen LogP contribution in [0, 0.1) is 22.7 Å². The maximum atomic E-state index is 12.7. The average molecular weight is 444 g/mol. The van der Waals surface area contributed by atoms with E-state index in [1.807, 2.05) is 11.1 Å². The Kier molecular flexibility index (Phi) is 6.94. The Morgan fingerprint density at radius 3 is 2.75 bits per heavy atom. The number of dihydropyridines is 1. The maximum absolute atomic E-state index is 12.7. The fraction of sp³-hybridized carbons (Fsp3) is 0.800. The van der Waals surface area contributed by atoms with Gasteiger partial charge in [0, 0.05) is 51.3 Å². The van der Waals surface area contributed by atoms with Gasteiger partial charge in [-0.2, -0.15) is 0 Å². The quantitative estimate of drug-likeness (QED) is 0.606. The Morgan fingerprint density at radius 2 is 2.03 bits per heavy atom. The predicted molar refractivity (Wildman–Crippen MR) is 128 cm³/mol. The number of carbonyl (C=O) groups is 2. The highest BCUT2D eigenvalue weighted by molar-refractivity contribution is 5.78. The number of piperidine rings is 1. The lowest BCUT2D eigenvalue weighted by Crippen LogP contribution is -2.40. The summed E-state index contributed by atoms with van der Waals surface area (Å²) in [6.45, 7) is 10.5. The number of nitrogens with zero attached hydrogens (tertiary/aromatic N) is 3. The van der Waals surface area contributed by atoms with Crippen LogP contribution in [0.1, 0.15) is 52.4 Å². The van der Waals surface area contributed by atoms with Crippen molar-refractivity contribution in [2.24, 2.45) is 27.7 Å². The van der Waals surface area contributed by atoms with Gasteiger partial charge in [0.1, 0.15) is 0 Å². The molecule has 4 rings (SSSR count). The first-order valence-corrected chi connectivity index (χ1v) is 12.5. The third-order valence-corrected chi connectivity index (χ3v) is 8.63. The highest BCUT2D eigenvalue weighted by Gasteiger charge is 2.51. The van der Waals surface area contributed by atoms with Gasteiger partial charge in [-0.15, -0.1) is 0 Å². The van der Waals surface area contributed by atoms with Crippen molar-refractivity contribution >= 4 is 18.2 Å². The van der Waals surface area contributed by atoms with Gasteiger partial charge >= 0.3 is 6.03 Å². The van der Waals surface area contributed by atoms with Gasteiger partial charge in [0.15, 0.2) is 0 Å². The molecule has 1 aliphatic carbocycles. The van der Waals surface area contributed by atoms with Crippen LogP contribution >= 0.6 is 0 Å². The lowest BCUT2D eigenvalue weighted by atomic mass is 9.77. The normalized spacial score (nSPS) is 31.1. The molecule has 0 radical (unpaired) electrons. The van der Waals surface area contributed by atoms with Crippen molar-refractivity contribution in [3.63, 3.8) is 0 Å². The van der Waals surface area contributed by atoms with E-state index in [4.69, 9.17) is 0 Å². The molecule has 3 aliphatic heterocycles. The fourth-order valence-corrected chi connectivity index (χ4v) is 5.85. The van der Waals surface area contributed by atoms with Crippen LogP contribution in [-0.4, -0.2) is 80.8 Å². The zero-order chi connectivity index (χ0) is 22.8. The number of rotatable bonds is 8. The van der Waals surface area contributed by atoms with Crippen LogP contribution in [0.5, 0.6) is 0 Å². The van der Waals surface area contributed by atoms with Crippen LogP contribution in [0.25, 0.3) is 0 Å². The first-order valence-electron chi connectivity index (χ1n) is 12.5. The Morgan fingerprint density at radius 1 is 1.25 bits per heavy atom. The van der Waals surface area contributed by atoms with E-state index in [2.05, 4.69) is 47.5 Å². The van der Waals surface area contributed by atoms with Crippen molar-refractivity contribution in [3.05, 3.63) is 11.6 Å². The largest absolute Gasteiger partial charge is 0.356 e. The first-order chi connectivity index (χ1) is 15.3. The number of hydrogen-bond donors (Lipinski definition) is 2. The van der Waals surface area contributed by atoms with Crippen LogP contribution in [-0.2, 0) is 4.79 Å². The average Bonchev–Trinajstić information content (AvgIpc) is 3.29. The molecule has 7 heteroatoms. The zero-order valence-corrected chi connectivity index (χ0v) is 20.2. The number of aliphatic imine (C=N–C) groups is 1. The fourth-order valence-electron chi connectivity index (χ4n) is 5.85. The number of allylic oxidation sites excluding steroid dienone is 1. The van der Waals surface area contributed by atoms with Crippen molar-refractivity contribution < 1.29 is 9.59 Å². The van der Waals surface area contributed by atoms with Crippen molar-refractivity contribution in [3.8, 4) is 0 Å². The molecular weight excluding hydrogens is 402 g/mol. The summed E-state index contributed by atoms with van der Waals surface area (Å²) in [5.74, 6) is 1.12. The second-order valence-corrected chi connectivity index (χ2v) is 11.0. The van der Waals surface area contributed by atoms with E-state index in [-0.39, 0.29) is 22.8 Å². The minimum Gasteiger partial charge on any atom is -0.356 e. The number of carbonyl (C=O) groups excluding carboxylic acids is 2. The molecule has 4 aliphatic rings. The Bertz CT molecular complexity index is 770. The third-order valence-electron chi connectivity index (χ3n) is 8.63. The van der Waals surface area contributed by atoms with Gasteiger partial charge in [-0.05, 0) is 74.2 Å². The summed E-state index contributed by atoms with van der Waals surface area (Å²) in [6, 6.07) is 0.0527. The summed E-state index contributed by atoms with van der Waals surface area (Å²) in [7, 11) is 2.16. The van der Waals surface area contributed by atoms with Crippen molar-refractivity contribution in [1.82, 2.24) is 20.4 Å². The van der Waals surface area contributed by atoms with E-state index in [9.17, 15) is 9.59 Å². The van der Waals surface area contributed by atoms with Gasteiger partial charge in [0.25, 0.3) is 0 Å². The molecule has 7 nitrogen and oxygen atoms in total. The van der Waals surface area contributed by atoms with E-state index in [1.54, 1.807) is 0 Å². The minimum absolute atomic E-state index is 0.0527. The van der Waals surface area contributed by atoms with Gasteiger partial charge in [-0.3, -0.25) is 9.79 Å². The third kappa shape index (κ3) is 5.36. The molecule has 3 fully saturated rings. The Labute approximate surface area is 193 Å². The molecule has 3 amide bonds. The number of amides is 3. The molecular formula is C25H41N5O2. The van der Waals surface area contributed by atoms with Crippen LogP contribution < -0.4 is 10.6 Å². The summed E-state index contributed by atoms with van der Waals surface area (Å²) in [5.41, 5.74) is 1.74. The monoisotopic (exact) mass is 443 g/mol. The van der Waals surface area contributed by atoms with E-state index < -0.39 is 0 Å². The summed E-state index contributed by atoms with van der Waals surface area (Å²) >= 11 is 0. The molecule has 3 unspecified atom stereocenters. The van der Waals surface area contributed by atoms with Crippen molar-refractivity contribution in [1.29, 1.82) is 0 Å². The highest BCUT2D eigenvalue weighted by Crippen LogP contribution is 2.57. The van der Waals surface area contributed by atoms with Gasteiger partial charge < -0.3 is 20.4 Å². The molecule has 0 bridgehead atoms. The van der Waals surface area contributed by atoms with E-state index >= 15 is 0 Å². The molecule has 2 saturated heterocycles. The summed E-state index contributed by atoms with van der Waals surface area (Å²) in [6.07, 6.45) is 10.0. The highest BCUT2D eigenvalue weighted by atomic mass is 16.2. The SMILES string of the molecule is CCC1(CCNC(=O)CC2(C)CCN(C)CC2)CC1CNC(=O)N1CC2=CC=NCC2C1. The Hall–Kier alpha value is -1.89. The van der Waals surface area contributed by atoms with Crippen LogP contribution in [0.3, 0.4) is 0 Å². The molecule has 3 heterocycles. The van der Waals surface area contributed by atoms with Gasteiger partial charge in [-0.25, -0.2) is 4.79 Å². The number of likely N-dealkylation sites (tertiary alicyclic amines) is 2. The zero-order valence-electron chi connectivity index (χ0n) is 20.2. The first kappa shape index (κ1) is 23.3. The van der Waals surface area contributed by atoms with Crippen LogP contribution in [0.2, 0.25) is 0 Å². The van der Waals surface area contributed by atoms with Crippen molar-refractivity contribution in [2.75, 3.05) is 52.9 Å². The summed E-state index contributed by atoms with van der Waals surface area (Å²) in [5, 5.41) is 6.36. The summed E-state index contributed by atoms with van der Waals surface area (Å²) < 4.78 is 0. The Balaban J connectivity index is 1.15. The lowest BCUT2D eigenvalue weighted by molar-refractivity contribution is -0.124. The van der Waals surface area contributed by atoms with E-state index in [1.165, 1.54) is 5.57 Å². The smallest absolute Gasteiger partial charge is 0.317 e. The molecule has 0 aromatic carbocycles. The standard InChI is InChI=1S/C25H41N5O2/c1-4-25(6-10-27-22(31)14-24(2)7-11-29(3)12-8-24)13-21(25)16-28-23(32)30-17-19-5-9-26-15-20(19)18-30/h5,9,20-21H,4,6-8,10-18H2,1-3H3,(H,27,31)(H,28,32). The molecule has 0 spiro atoms. The number of fused-ring (bicyclic) bond motifs is 1. The van der Waals surface area contributed by atoms with Crippen molar-refractivity contribution in [2.45, 2.75) is 52.4 Å². The van der Waals surface area contributed by atoms with Crippen LogP contribution in [0.15, 0.2) is 16.6 Å². The maximum Gasteiger partial charge on any atom is 0.317 e. The van der Waals surface area contributed by atoms with Crippen LogP contribution in [0.4, 0.5) is 4.79 Å². The molecule has 3 atom stereocenters. The van der Waals surface area contributed by atoms with Gasteiger partial charge in [-0.1, -0.05) is 20.3 Å². The minimum atomic E-state index is 0.0527. The molecule has 32 heavy (non-hydrogen) atoms. The molecule has 1 saturated carbocycles. The molecule has 0 aromatic heterocycles. The van der Waals surface area contributed by atoms with Gasteiger partial charge in [0.2, 0.25) is 5.91 Å². The number of urea groups is 1. The lowest BCUT2D eigenvalue weighted by Gasteiger charge is -2.37. The topological polar surface area (TPSA) is 77.0 Å². The second kappa shape index (κ2) is 9.54. The number of nitrogens with one attached hydrogen (secondary N) is 2. The van der Waals surface area contributed by atoms with E-state index in [0.29, 0.717) is 18.3 Å². The molecule has 2 N–H and O–H groups in total. The number of hydrogen-bond acceptors (Lipinski definition) is 4. The summed E-state index contributed by atoms with van der Waals surface area (Å²) in [4.78, 5) is 33.8. The molecule has 0 aromatic rings. The molecule has 178 valence electrons. The van der Waals surface area contributed by atoms with Gasteiger partial charge in [0.05, 0.1) is 0 Å². The van der Waals surface area contributed by atoms with E-state index in [0.717, 1.165) is 77.9 Å².